The van der Waals surface area contributed by atoms with E-state index in [2.05, 4.69) is 48.1 Å². The number of hydrogen-bond donors (Lipinski definition) is 0. The molecule has 0 unspecified atom stereocenters. The molecule has 5 aliphatic rings. The first-order valence-corrected chi connectivity index (χ1v) is 15.9. The fourth-order valence-electron chi connectivity index (χ4n) is 12.2. The predicted octanol–water partition coefficient (Wildman–Crippen LogP) is 8.68. The van der Waals surface area contributed by atoms with Gasteiger partial charge < -0.3 is 9.47 Å². The number of hydrogen-bond acceptors (Lipinski definition) is 4. The lowest BCUT2D eigenvalue weighted by atomic mass is 9.32. The van der Waals surface area contributed by atoms with Crippen molar-refractivity contribution in [3.63, 3.8) is 0 Å². The fourth-order valence-corrected chi connectivity index (χ4v) is 12.2. The molecule has 0 amide bonds. The van der Waals surface area contributed by atoms with Crippen LogP contribution in [-0.2, 0) is 19.1 Å². The van der Waals surface area contributed by atoms with Crippen molar-refractivity contribution >= 4 is 11.9 Å². The molecule has 10 atom stereocenters. The number of esters is 2. The van der Waals surface area contributed by atoms with Crippen LogP contribution in [0.5, 0.6) is 0 Å². The largest absolute Gasteiger partial charge is 0.490 e. The second-order valence-electron chi connectivity index (χ2n) is 16.1. The Hall–Kier alpha value is -1.53. The first kappa shape index (κ1) is 30.9. The number of carbonyl (C=O) groups excluding carboxylic acids is 2. The minimum atomic E-state index is -4.97. The van der Waals surface area contributed by atoms with Crippen molar-refractivity contribution < 1.29 is 32.2 Å². The van der Waals surface area contributed by atoms with Gasteiger partial charge in [-0.25, -0.2) is 4.79 Å². The van der Waals surface area contributed by atoms with E-state index in [0.29, 0.717) is 17.8 Å². The summed E-state index contributed by atoms with van der Waals surface area (Å²) < 4.78 is 50.3. The van der Waals surface area contributed by atoms with Gasteiger partial charge in [-0.1, -0.05) is 46.8 Å². The van der Waals surface area contributed by atoms with Crippen molar-refractivity contribution in [3.8, 4) is 0 Å². The zero-order valence-electron chi connectivity index (χ0n) is 26.2. The van der Waals surface area contributed by atoms with Crippen LogP contribution in [0.3, 0.4) is 0 Å². The Kier molecular flexibility index (Phi) is 7.34. The highest BCUT2D eigenvalue weighted by Crippen LogP contribution is 2.77. The SMILES string of the molecule is C=C(C)[C@@H]1CC[C@]2(COC(=O)C(F)(F)F)CC[C@]3(C)[C@H](CC[C@@H]4[C@@]5(C)CC[C@H](OC(C)=O)C(C)(C)[C@@H]5CC[C@]43C)[C@@H]12. The lowest BCUT2D eigenvalue weighted by molar-refractivity contribution is -0.253. The zero-order valence-corrected chi connectivity index (χ0v) is 26.2. The van der Waals surface area contributed by atoms with E-state index in [9.17, 15) is 22.8 Å². The third-order valence-electron chi connectivity index (χ3n) is 14.2. The van der Waals surface area contributed by atoms with Crippen molar-refractivity contribution in [2.75, 3.05) is 6.61 Å². The number of halogens is 3. The monoisotopic (exact) mass is 580 g/mol. The van der Waals surface area contributed by atoms with Gasteiger partial charge in [0.1, 0.15) is 6.10 Å². The minimum absolute atomic E-state index is 0.0427. The molecule has 0 aromatic heterocycles. The molecule has 0 bridgehead atoms. The van der Waals surface area contributed by atoms with Gasteiger partial charge in [-0.15, -0.1) is 0 Å². The molecular weight excluding hydrogens is 529 g/mol. The van der Waals surface area contributed by atoms with E-state index < -0.39 is 17.6 Å². The van der Waals surface area contributed by atoms with E-state index in [-0.39, 0.29) is 52.2 Å². The van der Waals surface area contributed by atoms with Crippen molar-refractivity contribution in [2.45, 2.75) is 125 Å². The van der Waals surface area contributed by atoms with Crippen LogP contribution < -0.4 is 0 Å². The van der Waals surface area contributed by atoms with Gasteiger partial charge in [0.2, 0.25) is 0 Å². The van der Waals surface area contributed by atoms with E-state index in [0.717, 1.165) is 69.8 Å². The Labute approximate surface area is 244 Å². The molecule has 5 saturated carbocycles. The Bertz CT molecular complexity index is 1100. The first-order chi connectivity index (χ1) is 18.8. The molecule has 0 heterocycles. The van der Waals surface area contributed by atoms with Crippen LogP contribution in [0.4, 0.5) is 13.2 Å². The van der Waals surface area contributed by atoms with Gasteiger partial charge in [-0.05, 0) is 117 Å². The molecule has 5 fully saturated rings. The van der Waals surface area contributed by atoms with E-state index in [1.54, 1.807) is 0 Å². The maximum absolute atomic E-state index is 13.1. The number of allylic oxidation sites excluding steroid dienone is 1. The van der Waals surface area contributed by atoms with Crippen molar-refractivity contribution in [1.82, 2.24) is 0 Å². The van der Waals surface area contributed by atoms with Crippen LogP contribution in [0.15, 0.2) is 12.2 Å². The van der Waals surface area contributed by atoms with Crippen molar-refractivity contribution in [3.05, 3.63) is 12.2 Å². The smallest absolute Gasteiger partial charge is 0.462 e. The molecule has 232 valence electrons. The maximum atomic E-state index is 13.1. The van der Waals surface area contributed by atoms with Gasteiger partial charge >= 0.3 is 18.1 Å². The van der Waals surface area contributed by atoms with Gasteiger partial charge in [-0.2, -0.15) is 13.2 Å². The fraction of sp³-hybridized carbons (Fsp3) is 0.882. The molecule has 0 aliphatic heterocycles. The molecule has 0 radical (unpaired) electrons. The van der Waals surface area contributed by atoms with Crippen molar-refractivity contribution in [1.29, 1.82) is 0 Å². The Morgan fingerprint density at radius 2 is 1.51 bits per heavy atom. The standard InChI is InChI=1S/C34H51F3O4/c1-20(2)22-11-16-33(19-40-28(39)34(35,36)37)18-17-31(7)23(27(22)33)9-10-25-30(6)14-13-26(41-21(3)38)29(4,5)24(30)12-15-32(25,31)8/h22-27H,1,9-19H2,2-8H3/t22-,23+,24-,25+,26-,27+,30-,31+,32+,33+/m0/s1. The Morgan fingerprint density at radius 1 is 0.829 bits per heavy atom. The summed E-state index contributed by atoms with van der Waals surface area (Å²) in [6.07, 6.45) is 4.72. The number of alkyl halides is 3. The highest BCUT2D eigenvalue weighted by Gasteiger charge is 2.71. The molecule has 0 aromatic rings. The quantitative estimate of drug-likeness (QED) is 0.247. The summed E-state index contributed by atoms with van der Waals surface area (Å²) in [5.41, 5.74) is 0.878. The van der Waals surface area contributed by atoms with Crippen molar-refractivity contribution in [2.24, 2.45) is 56.7 Å². The van der Waals surface area contributed by atoms with Gasteiger partial charge in [0.25, 0.3) is 0 Å². The Balaban J connectivity index is 1.47. The van der Waals surface area contributed by atoms with Gasteiger partial charge in [0.05, 0.1) is 6.61 Å². The summed E-state index contributed by atoms with van der Waals surface area (Å²) in [6.45, 7) is 19.9. The second-order valence-corrected chi connectivity index (χ2v) is 16.1. The van der Waals surface area contributed by atoms with Crippen LogP contribution in [0.25, 0.3) is 0 Å². The lowest BCUT2D eigenvalue weighted by Crippen LogP contribution is -2.67. The first-order valence-electron chi connectivity index (χ1n) is 15.9. The molecular formula is C34H51F3O4. The van der Waals surface area contributed by atoms with E-state index in [1.165, 1.54) is 6.92 Å². The van der Waals surface area contributed by atoms with Crippen LogP contribution in [-0.4, -0.2) is 30.8 Å². The number of ether oxygens (including phenoxy) is 2. The zero-order chi connectivity index (χ0) is 30.4. The van der Waals surface area contributed by atoms with Gasteiger partial charge in [0.15, 0.2) is 0 Å². The minimum Gasteiger partial charge on any atom is -0.462 e. The van der Waals surface area contributed by atoms with Crippen LogP contribution >= 0.6 is 0 Å². The Morgan fingerprint density at radius 3 is 2.12 bits per heavy atom. The molecule has 0 saturated heterocycles. The average Bonchev–Trinajstić information content (AvgIpc) is 3.24. The van der Waals surface area contributed by atoms with Crippen LogP contribution in [0.1, 0.15) is 113 Å². The highest BCUT2D eigenvalue weighted by atomic mass is 19.4. The van der Waals surface area contributed by atoms with E-state index in [4.69, 9.17) is 9.47 Å². The topological polar surface area (TPSA) is 52.6 Å². The molecule has 5 rings (SSSR count). The summed E-state index contributed by atoms with van der Waals surface area (Å²) in [5, 5.41) is 0. The number of rotatable bonds is 4. The van der Waals surface area contributed by atoms with Crippen LogP contribution in [0, 0.1) is 56.7 Å². The summed E-state index contributed by atoms with van der Waals surface area (Å²) in [6, 6.07) is 0. The second kappa shape index (κ2) is 9.74. The summed E-state index contributed by atoms with van der Waals surface area (Å²) in [7, 11) is 0. The van der Waals surface area contributed by atoms with Gasteiger partial charge in [0, 0.05) is 17.8 Å². The number of carbonyl (C=O) groups is 2. The lowest BCUT2D eigenvalue weighted by Gasteiger charge is -2.73. The highest BCUT2D eigenvalue weighted by molar-refractivity contribution is 5.75. The molecule has 7 heteroatoms. The van der Waals surface area contributed by atoms with Gasteiger partial charge in [-0.3, -0.25) is 4.79 Å². The molecule has 4 nitrogen and oxygen atoms in total. The third kappa shape index (κ3) is 4.43. The summed E-state index contributed by atoms with van der Waals surface area (Å²) in [4.78, 5) is 23.7. The molecule has 0 aromatic carbocycles. The number of fused-ring (bicyclic) bond motifs is 7. The summed E-state index contributed by atoms with van der Waals surface area (Å²) in [5.74, 6) is -0.481. The predicted molar refractivity (Wildman–Crippen MR) is 152 cm³/mol. The van der Waals surface area contributed by atoms with E-state index >= 15 is 0 Å². The molecule has 0 spiro atoms. The normalized spacial score (nSPS) is 46.8. The average molecular weight is 581 g/mol. The maximum Gasteiger partial charge on any atom is 0.490 e. The molecule has 0 N–H and O–H groups in total. The van der Waals surface area contributed by atoms with Crippen LogP contribution in [0.2, 0.25) is 0 Å². The molecule has 5 aliphatic carbocycles. The third-order valence-corrected chi connectivity index (χ3v) is 14.2. The van der Waals surface area contributed by atoms with E-state index in [1.807, 2.05) is 0 Å². The summed E-state index contributed by atoms with van der Waals surface area (Å²) >= 11 is 0. The molecule has 41 heavy (non-hydrogen) atoms.